The topological polar surface area (TPSA) is 189 Å². The van der Waals surface area contributed by atoms with Gasteiger partial charge in [-0.3, -0.25) is 4.52 Å². The number of aliphatic hydroxyl groups excluding tert-OH is 1. The molecule has 1 heterocycles. The molecule has 1 saturated heterocycles. The molecule has 1 aliphatic rings. The normalized spacial score (nSPS) is 35.0. The van der Waals surface area contributed by atoms with Crippen molar-refractivity contribution in [3.05, 3.63) is 0 Å². The van der Waals surface area contributed by atoms with Gasteiger partial charge in [0, 0.05) is 11.9 Å². The third kappa shape index (κ3) is 6.49. The van der Waals surface area contributed by atoms with Gasteiger partial charge in [-0.15, -0.1) is 0 Å². The van der Waals surface area contributed by atoms with Gasteiger partial charge in [0.25, 0.3) is 0 Å². The average molecular weight is 382 g/mol. The number of ether oxygens (including phenoxy) is 1. The van der Waals surface area contributed by atoms with Crippen LogP contribution in [0.15, 0.2) is 0 Å². The van der Waals surface area contributed by atoms with Gasteiger partial charge in [0.2, 0.25) is 0 Å². The third-order valence-corrected chi connectivity index (χ3v) is 6.39. The molecule has 16 heteroatoms. The standard InChI is InChI=1S/C6H14BO12P3/c1-3-5(8)4(17-6(3)7)2-16-21(12,13)19-22(14,15)18-20(9,10)11/h3-6,8H,2H2,1H3,(H,12,13)(H,14,15)(H2,9,10,11). The van der Waals surface area contributed by atoms with Crippen molar-refractivity contribution in [2.75, 3.05) is 6.61 Å². The van der Waals surface area contributed by atoms with Crippen LogP contribution in [0, 0.1) is 5.92 Å². The molecule has 1 aliphatic heterocycles. The van der Waals surface area contributed by atoms with Gasteiger partial charge in [-0.05, 0) is 0 Å². The molecule has 0 bridgehead atoms. The summed E-state index contributed by atoms with van der Waals surface area (Å²) in [5.74, 6) is -0.491. The smallest absolute Gasteiger partial charge is 0.390 e. The second kappa shape index (κ2) is 7.10. The number of aliphatic hydroxyl groups is 1. The Morgan fingerprint density at radius 3 is 2.05 bits per heavy atom. The van der Waals surface area contributed by atoms with Crippen LogP contribution >= 0.6 is 23.5 Å². The second-order valence-corrected chi connectivity index (χ2v) is 8.80. The molecule has 0 aromatic rings. The summed E-state index contributed by atoms with van der Waals surface area (Å²) in [4.78, 5) is 34.8. The highest BCUT2D eigenvalue weighted by Gasteiger charge is 2.43. The molecule has 1 rings (SSSR count). The Kier molecular flexibility index (Phi) is 6.60. The SMILES string of the molecule is [B]C1OC(COP(=O)(O)OP(=O)(O)OP(=O)(O)O)C(O)C1C. The van der Waals surface area contributed by atoms with E-state index >= 15 is 0 Å². The fourth-order valence-corrected chi connectivity index (χ4v) is 4.58. The minimum atomic E-state index is -5.57. The number of hydrogen-bond donors (Lipinski definition) is 5. The molecule has 0 spiro atoms. The van der Waals surface area contributed by atoms with Gasteiger partial charge in [0.15, 0.2) is 0 Å². The predicted molar refractivity (Wildman–Crippen MR) is 69.4 cm³/mol. The van der Waals surface area contributed by atoms with Crippen LogP contribution in [0.1, 0.15) is 6.92 Å². The Bertz CT molecular complexity index is 533. The third-order valence-electron chi connectivity index (χ3n) is 2.59. The molecule has 22 heavy (non-hydrogen) atoms. The lowest BCUT2D eigenvalue weighted by atomic mass is 9.86. The van der Waals surface area contributed by atoms with Crippen LogP contribution in [0.25, 0.3) is 0 Å². The van der Waals surface area contributed by atoms with Gasteiger partial charge >= 0.3 is 23.5 Å². The molecule has 0 aromatic heterocycles. The van der Waals surface area contributed by atoms with Crippen molar-refractivity contribution in [1.29, 1.82) is 0 Å². The molecular formula is C6H14BO12P3. The zero-order valence-electron chi connectivity index (χ0n) is 11.0. The molecule has 12 nitrogen and oxygen atoms in total. The molecule has 0 amide bonds. The van der Waals surface area contributed by atoms with E-state index < -0.39 is 54.2 Å². The number of phosphoric acid groups is 3. The zero-order valence-corrected chi connectivity index (χ0v) is 13.7. The lowest BCUT2D eigenvalue weighted by molar-refractivity contribution is -0.00496. The van der Waals surface area contributed by atoms with Crippen LogP contribution in [0.4, 0.5) is 0 Å². The highest BCUT2D eigenvalue weighted by atomic mass is 31.3. The maximum Gasteiger partial charge on any atom is 0.490 e. The first-order valence-electron chi connectivity index (χ1n) is 5.60. The van der Waals surface area contributed by atoms with Crippen molar-refractivity contribution < 1.29 is 56.3 Å². The van der Waals surface area contributed by atoms with Crippen molar-refractivity contribution in [3.63, 3.8) is 0 Å². The monoisotopic (exact) mass is 382 g/mol. The minimum absolute atomic E-state index is 0.491. The van der Waals surface area contributed by atoms with E-state index in [4.69, 9.17) is 27.3 Å². The van der Waals surface area contributed by atoms with Crippen LogP contribution in [0.5, 0.6) is 0 Å². The van der Waals surface area contributed by atoms with Gasteiger partial charge in [-0.1, -0.05) is 6.92 Å². The van der Waals surface area contributed by atoms with Crippen LogP contribution in [-0.2, 0) is 31.6 Å². The molecule has 0 saturated carbocycles. The summed E-state index contributed by atoms with van der Waals surface area (Å²) < 4.78 is 49.3. The first-order valence-corrected chi connectivity index (χ1v) is 10.1. The van der Waals surface area contributed by atoms with E-state index in [9.17, 15) is 23.7 Å². The molecule has 128 valence electrons. The Labute approximate surface area is 126 Å². The Hall–Kier alpha value is 0.395. The lowest BCUT2D eigenvalue weighted by Crippen LogP contribution is -2.29. The Balaban J connectivity index is 2.60. The largest absolute Gasteiger partial charge is 0.490 e. The quantitative estimate of drug-likeness (QED) is 0.273. The van der Waals surface area contributed by atoms with E-state index in [1.165, 1.54) is 0 Å². The summed E-state index contributed by atoms with van der Waals surface area (Å²) in [5, 5.41) is 9.68. The second-order valence-electron chi connectivity index (χ2n) is 4.38. The maximum absolute atomic E-state index is 11.4. The zero-order chi connectivity index (χ0) is 17.3. The van der Waals surface area contributed by atoms with E-state index in [1.807, 2.05) is 0 Å². The summed E-state index contributed by atoms with van der Waals surface area (Å²) in [5.41, 5.74) is 0. The van der Waals surface area contributed by atoms with Gasteiger partial charge in [-0.25, -0.2) is 13.7 Å². The summed E-state index contributed by atoms with van der Waals surface area (Å²) in [6.45, 7) is 0.822. The van der Waals surface area contributed by atoms with Crippen molar-refractivity contribution in [2.24, 2.45) is 5.92 Å². The molecule has 6 atom stereocenters. The minimum Gasteiger partial charge on any atom is -0.390 e. The van der Waals surface area contributed by atoms with Crippen LogP contribution < -0.4 is 0 Å². The fourth-order valence-electron chi connectivity index (χ4n) is 1.55. The molecule has 0 aliphatic carbocycles. The van der Waals surface area contributed by atoms with E-state index in [-0.39, 0.29) is 0 Å². The van der Waals surface area contributed by atoms with Crippen molar-refractivity contribution >= 4 is 31.3 Å². The summed E-state index contributed by atoms with van der Waals surface area (Å²) in [6.07, 6.45) is -2.22. The van der Waals surface area contributed by atoms with Crippen LogP contribution in [-0.4, -0.2) is 57.3 Å². The van der Waals surface area contributed by atoms with Gasteiger partial charge in [0.05, 0.1) is 12.7 Å². The van der Waals surface area contributed by atoms with Gasteiger partial charge in [0.1, 0.15) is 14.0 Å². The number of rotatable bonds is 7. The summed E-state index contributed by atoms with van der Waals surface area (Å²) in [6, 6.07) is -0.843. The molecule has 2 radical (unpaired) electrons. The molecule has 0 aromatic carbocycles. The van der Waals surface area contributed by atoms with E-state index in [1.54, 1.807) is 6.92 Å². The molecular weight excluding hydrogens is 368 g/mol. The van der Waals surface area contributed by atoms with Crippen LogP contribution in [0.3, 0.4) is 0 Å². The molecule has 5 N–H and O–H groups in total. The maximum atomic E-state index is 11.4. The summed E-state index contributed by atoms with van der Waals surface area (Å²) in [7, 11) is -10.8. The Morgan fingerprint density at radius 1 is 1.09 bits per heavy atom. The van der Waals surface area contributed by atoms with Gasteiger partial charge in [-0.2, -0.15) is 8.62 Å². The first kappa shape index (κ1) is 20.4. The van der Waals surface area contributed by atoms with Crippen molar-refractivity contribution in [3.8, 4) is 0 Å². The van der Waals surface area contributed by atoms with Crippen molar-refractivity contribution in [2.45, 2.75) is 25.1 Å². The van der Waals surface area contributed by atoms with Crippen molar-refractivity contribution in [1.82, 2.24) is 0 Å². The highest BCUT2D eigenvalue weighted by molar-refractivity contribution is 7.66. The highest BCUT2D eigenvalue weighted by Crippen LogP contribution is 2.66. The van der Waals surface area contributed by atoms with E-state index in [0.29, 0.717) is 0 Å². The van der Waals surface area contributed by atoms with Gasteiger partial charge < -0.3 is 29.4 Å². The predicted octanol–water partition coefficient (Wildman–Crippen LogP) is -0.780. The van der Waals surface area contributed by atoms with E-state index in [0.717, 1.165) is 0 Å². The number of phosphoric ester groups is 1. The summed E-state index contributed by atoms with van der Waals surface area (Å²) >= 11 is 0. The molecule has 6 unspecified atom stereocenters. The number of hydrogen-bond acceptors (Lipinski definition) is 8. The van der Waals surface area contributed by atoms with Crippen LogP contribution in [0.2, 0.25) is 0 Å². The van der Waals surface area contributed by atoms with E-state index in [2.05, 4.69) is 13.1 Å². The molecule has 1 fully saturated rings. The lowest BCUT2D eigenvalue weighted by Gasteiger charge is -2.19. The average Bonchev–Trinajstić information content (AvgIpc) is 2.49. The Morgan fingerprint density at radius 2 is 1.64 bits per heavy atom. The first-order chi connectivity index (χ1) is 9.72. The fraction of sp³-hybridized carbons (Fsp3) is 1.00.